The van der Waals surface area contributed by atoms with Gasteiger partial charge in [-0.1, -0.05) is 56.5 Å². The SMILES string of the molecule is CCCCCCOCC(F)(F)c1ccccc1. The molecular formula is C14H20F2O. The second-order valence-corrected chi connectivity index (χ2v) is 4.18. The third-order valence-corrected chi connectivity index (χ3v) is 2.62. The molecule has 0 heterocycles. The molecule has 0 saturated carbocycles. The van der Waals surface area contributed by atoms with Gasteiger partial charge in [-0.2, -0.15) is 8.78 Å². The van der Waals surface area contributed by atoms with Gasteiger partial charge in [0.2, 0.25) is 0 Å². The number of hydrogen-bond donors (Lipinski definition) is 0. The van der Waals surface area contributed by atoms with Gasteiger partial charge in [-0.15, -0.1) is 0 Å². The van der Waals surface area contributed by atoms with Crippen molar-refractivity contribution in [1.82, 2.24) is 0 Å². The van der Waals surface area contributed by atoms with Crippen molar-refractivity contribution in [2.75, 3.05) is 13.2 Å². The summed E-state index contributed by atoms with van der Waals surface area (Å²) in [6.45, 7) is 2.01. The van der Waals surface area contributed by atoms with E-state index in [4.69, 9.17) is 4.74 Å². The number of benzene rings is 1. The smallest absolute Gasteiger partial charge is 0.296 e. The molecule has 0 N–H and O–H groups in total. The van der Waals surface area contributed by atoms with Crippen LogP contribution in [0.5, 0.6) is 0 Å². The van der Waals surface area contributed by atoms with E-state index in [0.717, 1.165) is 25.7 Å². The van der Waals surface area contributed by atoms with E-state index in [1.165, 1.54) is 12.1 Å². The Morgan fingerprint density at radius 1 is 1.06 bits per heavy atom. The molecule has 0 aliphatic rings. The molecule has 0 unspecified atom stereocenters. The van der Waals surface area contributed by atoms with Crippen LogP contribution in [0.25, 0.3) is 0 Å². The van der Waals surface area contributed by atoms with Crippen LogP contribution in [-0.4, -0.2) is 13.2 Å². The maximum atomic E-state index is 13.6. The van der Waals surface area contributed by atoms with Crippen molar-refractivity contribution < 1.29 is 13.5 Å². The fourth-order valence-electron chi connectivity index (χ4n) is 1.60. The third kappa shape index (κ3) is 5.26. The lowest BCUT2D eigenvalue weighted by atomic mass is 10.1. The maximum absolute atomic E-state index is 13.6. The van der Waals surface area contributed by atoms with Crippen LogP contribution < -0.4 is 0 Å². The Morgan fingerprint density at radius 2 is 1.76 bits per heavy atom. The molecular weight excluding hydrogens is 222 g/mol. The molecule has 0 amide bonds. The number of unbranched alkanes of at least 4 members (excludes halogenated alkanes) is 3. The molecule has 96 valence electrons. The summed E-state index contributed by atoms with van der Waals surface area (Å²) < 4.78 is 32.3. The maximum Gasteiger partial charge on any atom is 0.296 e. The summed E-state index contributed by atoms with van der Waals surface area (Å²) in [7, 11) is 0. The summed E-state index contributed by atoms with van der Waals surface area (Å²) in [6.07, 6.45) is 4.19. The van der Waals surface area contributed by atoms with E-state index >= 15 is 0 Å². The first kappa shape index (κ1) is 14.1. The lowest BCUT2D eigenvalue weighted by Gasteiger charge is -2.16. The van der Waals surface area contributed by atoms with E-state index in [0.29, 0.717) is 6.61 Å². The van der Waals surface area contributed by atoms with Crippen LogP contribution >= 0.6 is 0 Å². The van der Waals surface area contributed by atoms with Crippen LogP contribution in [0.2, 0.25) is 0 Å². The minimum atomic E-state index is -2.88. The Labute approximate surface area is 102 Å². The highest BCUT2D eigenvalue weighted by molar-refractivity contribution is 5.19. The molecule has 1 aromatic rings. The zero-order chi connectivity index (χ0) is 12.6. The molecule has 0 aromatic heterocycles. The Morgan fingerprint density at radius 3 is 2.41 bits per heavy atom. The summed E-state index contributed by atoms with van der Waals surface area (Å²) in [4.78, 5) is 0. The fourth-order valence-corrected chi connectivity index (χ4v) is 1.60. The van der Waals surface area contributed by atoms with Gasteiger partial charge in [0.15, 0.2) is 0 Å². The first-order chi connectivity index (χ1) is 8.17. The highest BCUT2D eigenvalue weighted by atomic mass is 19.3. The second-order valence-electron chi connectivity index (χ2n) is 4.18. The van der Waals surface area contributed by atoms with Crippen molar-refractivity contribution in [3.8, 4) is 0 Å². The van der Waals surface area contributed by atoms with E-state index in [1.807, 2.05) is 0 Å². The lowest BCUT2D eigenvalue weighted by molar-refractivity contribution is -0.0831. The minimum absolute atomic E-state index is 0.0218. The molecule has 1 rings (SSSR count). The topological polar surface area (TPSA) is 9.23 Å². The molecule has 1 nitrogen and oxygen atoms in total. The lowest BCUT2D eigenvalue weighted by Crippen LogP contribution is -2.21. The molecule has 0 fully saturated rings. The number of halogens is 2. The molecule has 3 heteroatoms. The van der Waals surface area contributed by atoms with Gasteiger partial charge < -0.3 is 4.74 Å². The molecule has 0 saturated heterocycles. The number of hydrogen-bond acceptors (Lipinski definition) is 1. The van der Waals surface area contributed by atoms with Gasteiger partial charge in [-0.3, -0.25) is 0 Å². The Kier molecular flexibility index (Phi) is 6.12. The van der Waals surface area contributed by atoms with Gasteiger partial charge in [0.05, 0.1) is 0 Å². The third-order valence-electron chi connectivity index (χ3n) is 2.62. The Bertz CT molecular complexity index is 298. The monoisotopic (exact) mass is 242 g/mol. The zero-order valence-electron chi connectivity index (χ0n) is 10.3. The molecule has 0 aliphatic heterocycles. The molecule has 1 aromatic carbocycles. The van der Waals surface area contributed by atoms with Gasteiger partial charge in [-0.25, -0.2) is 0 Å². The molecule has 0 radical (unpaired) electrons. The average molecular weight is 242 g/mol. The number of ether oxygens (including phenoxy) is 1. The van der Waals surface area contributed by atoms with Gasteiger partial charge >= 0.3 is 0 Å². The molecule has 0 aliphatic carbocycles. The first-order valence-electron chi connectivity index (χ1n) is 6.18. The van der Waals surface area contributed by atoms with Crippen LogP contribution in [0, 0.1) is 0 Å². The van der Waals surface area contributed by atoms with Gasteiger partial charge in [0, 0.05) is 12.2 Å². The summed E-state index contributed by atoms with van der Waals surface area (Å²) in [5, 5.41) is 0. The predicted molar refractivity (Wildman–Crippen MR) is 65.3 cm³/mol. The molecule has 0 bridgehead atoms. The van der Waals surface area contributed by atoms with Crippen molar-refractivity contribution in [2.45, 2.75) is 38.5 Å². The van der Waals surface area contributed by atoms with Crippen LogP contribution in [0.4, 0.5) is 8.78 Å². The average Bonchev–Trinajstić information content (AvgIpc) is 2.35. The molecule has 0 spiro atoms. The molecule has 17 heavy (non-hydrogen) atoms. The fraction of sp³-hybridized carbons (Fsp3) is 0.571. The summed E-state index contributed by atoms with van der Waals surface area (Å²) >= 11 is 0. The van der Waals surface area contributed by atoms with E-state index in [9.17, 15) is 8.78 Å². The Hall–Kier alpha value is -0.960. The predicted octanol–water partition coefficient (Wildman–Crippen LogP) is 4.38. The number of rotatable bonds is 8. The van der Waals surface area contributed by atoms with Crippen molar-refractivity contribution >= 4 is 0 Å². The van der Waals surface area contributed by atoms with E-state index in [-0.39, 0.29) is 5.56 Å². The quantitative estimate of drug-likeness (QED) is 0.615. The highest BCUT2D eigenvalue weighted by Gasteiger charge is 2.31. The Balaban J connectivity index is 2.26. The van der Waals surface area contributed by atoms with Crippen LogP contribution in [-0.2, 0) is 10.7 Å². The zero-order valence-corrected chi connectivity index (χ0v) is 10.3. The minimum Gasteiger partial charge on any atom is -0.375 e. The van der Waals surface area contributed by atoms with Gasteiger partial charge in [0.1, 0.15) is 6.61 Å². The van der Waals surface area contributed by atoms with Crippen molar-refractivity contribution in [3.05, 3.63) is 35.9 Å². The summed E-state index contributed by atoms with van der Waals surface area (Å²) in [5.41, 5.74) is 0.0218. The summed E-state index contributed by atoms with van der Waals surface area (Å²) in [6, 6.07) is 7.82. The highest BCUT2D eigenvalue weighted by Crippen LogP contribution is 2.27. The van der Waals surface area contributed by atoms with E-state index in [2.05, 4.69) is 6.92 Å². The van der Waals surface area contributed by atoms with Gasteiger partial charge in [-0.05, 0) is 6.42 Å². The normalized spacial score (nSPS) is 11.7. The van der Waals surface area contributed by atoms with Crippen molar-refractivity contribution in [3.63, 3.8) is 0 Å². The summed E-state index contributed by atoms with van der Waals surface area (Å²) in [5.74, 6) is -2.88. The second kappa shape index (κ2) is 7.38. The standard InChI is InChI=1S/C14H20F2O/c1-2-3-4-8-11-17-12-14(15,16)13-9-6-5-7-10-13/h5-7,9-10H,2-4,8,11-12H2,1H3. The van der Waals surface area contributed by atoms with E-state index in [1.54, 1.807) is 18.2 Å². The first-order valence-corrected chi connectivity index (χ1v) is 6.18. The number of alkyl halides is 2. The van der Waals surface area contributed by atoms with Crippen LogP contribution in [0.1, 0.15) is 38.2 Å². The van der Waals surface area contributed by atoms with Crippen LogP contribution in [0.15, 0.2) is 30.3 Å². The van der Waals surface area contributed by atoms with Crippen molar-refractivity contribution in [1.29, 1.82) is 0 Å². The largest absolute Gasteiger partial charge is 0.375 e. The molecule has 0 atom stereocenters. The van der Waals surface area contributed by atoms with Crippen molar-refractivity contribution in [2.24, 2.45) is 0 Å². The van der Waals surface area contributed by atoms with Gasteiger partial charge in [0.25, 0.3) is 5.92 Å². The van der Waals surface area contributed by atoms with Crippen LogP contribution in [0.3, 0.4) is 0 Å². The van der Waals surface area contributed by atoms with E-state index < -0.39 is 12.5 Å².